The summed E-state index contributed by atoms with van der Waals surface area (Å²) in [7, 11) is -1.93. The van der Waals surface area contributed by atoms with E-state index in [0.717, 1.165) is 0 Å². The van der Waals surface area contributed by atoms with Crippen LogP contribution < -0.4 is 0 Å². The van der Waals surface area contributed by atoms with Gasteiger partial charge in [0.2, 0.25) is 0 Å². The molecule has 0 spiro atoms. The highest BCUT2D eigenvalue weighted by Gasteiger charge is 2.33. The van der Waals surface area contributed by atoms with Crippen LogP contribution in [0.15, 0.2) is 0 Å². The highest BCUT2D eigenvalue weighted by Crippen LogP contribution is 2.14. The van der Waals surface area contributed by atoms with E-state index in [1.807, 2.05) is 6.07 Å². The van der Waals surface area contributed by atoms with Crippen molar-refractivity contribution in [3.63, 3.8) is 0 Å². The standard InChI is InChI=1S/C9H17N3O3S/c1-8(2)11(3)16(13,14)12-4-5-15-9(6-10)7-12/h8-9H,4-5,7H2,1-3H3. The van der Waals surface area contributed by atoms with Crippen LogP contribution in [0, 0.1) is 11.3 Å². The van der Waals surface area contributed by atoms with Gasteiger partial charge in [-0.2, -0.15) is 22.3 Å². The molecule has 0 aliphatic carbocycles. The van der Waals surface area contributed by atoms with Gasteiger partial charge in [0, 0.05) is 19.6 Å². The lowest BCUT2D eigenvalue weighted by Crippen LogP contribution is -2.51. The second-order valence-electron chi connectivity index (χ2n) is 3.96. The predicted octanol–water partition coefficient (Wildman–Crippen LogP) is -0.204. The van der Waals surface area contributed by atoms with Crippen molar-refractivity contribution in [2.45, 2.75) is 26.0 Å². The third-order valence-corrected chi connectivity index (χ3v) is 4.72. The fraction of sp³-hybridized carbons (Fsp3) is 0.889. The zero-order valence-electron chi connectivity index (χ0n) is 9.75. The van der Waals surface area contributed by atoms with Gasteiger partial charge in [0.1, 0.15) is 0 Å². The Morgan fingerprint density at radius 3 is 2.69 bits per heavy atom. The topological polar surface area (TPSA) is 73.6 Å². The Morgan fingerprint density at radius 2 is 2.19 bits per heavy atom. The first-order valence-electron chi connectivity index (χ1n) is 5.14. The highest BCUT2D eigenvalue weighted by molar-refractivity contribution is 7.86. The summed E-state index contributed by atoms with van der Waals surface area (Å²) in [5, 5.41) is 8.71. The second kappa shape index (κ2) is 5.10. The van der Waals surface area contributed by atoms with E-state index >= 15 is 0 Å². The molecule has 0 aromatic rings. The Hall–Kier alpha value is -0.680. The molecule has 0 aromatic carbocycles. The monoisotopic (exact) mass is 247 g/mol. The number of ether oxygens (including phenoxy) is 1. The van der Waals surface area contributed by atoms with Gasteiger partial charge < -0.3 is 4.74 Å². The van der Waals surface area contributed by atoms with Gasteiger partial charge >= 0.3 is 0 Å². The predicted molar refractivity (Wildman–Crippen MR) is 58.7 cm³/mol. The average Bonchev–Trinajstić information content (AvgIpc) is 2.27. The van der Waals surface area contributed by atoms with Crippen LogP contribution in [-0.4, -0.2) is 55.9 Å². The van der Waals surface area contributed by atoms with Gasteiger partial charge in [0.05, 0.1) is 19.2 Å². The van der Waals surface area contributed by atoms with Crippen LogP contribution in [0.1, 0.15) is 13.8 Å². The maximum Gasteiger partial charge on any atom is 0.282 e. The molecule has 0 N–H and O–H groups in total. The van der Waals surface area contributed by atoms with Crippen molar-refractivity contribution in [3.8, 4) is 6.07 Å². The summed E-state index contributed by atoms with van der Waals surface area (Å²) >= 11 is 0. The van der Waals surface area contributed by atoms with Gasteiger partial charge in [-0.15, -0.1) is 0 Å². The lowest BCUT2D eigenvalue weighted by atomic mass is 10.3. The molecule has 1 unspecified atom stereocenters. The van der Waals surface area contributed by atoms with Crippen LogP contribution in [0.2, 0.25) is 0 Å². The lowest BCUT2D eigenvalue weighted by Gasteiger charge is -2.33. The zero-order chi connectivity index (χ0) is 12.3. The van der Waals surface area contributed by atoms with E-state index in [-0.39, 0.29) is 19.2 Å². The van der Waals surface area contributed by atoms with Crippen LogP contribution >= 0.6 is 0 Å². The van der Waals surface area contributed by atoms with E-state index in [9.17, 15) is 8.42 Å². The summed E-state index contributed by atoms with van der Waals surface area (Å²) in [6.45, 7) is 4.29. The van der Waals surface area contributed by atoms with E-state index in [4.69, 9.17) is 10.00 Å². The number of nitriles is 1. The highest BCUT2D eigenvalue weighted by atomic mass is 32.2. The minimum atomic E-state index is -3.47. The van der Waals surface area contributed by atoms with Gasteiger partial charge in [-0.3, -0.25) is 0 Å². The van der Waals surface area contributed by atoms with Crippen LogP contribution in [0.4, 0.5) is 0 Å². The van der Waals surface area contributed by atoms with Crippen LogP contribution in [0.5, 0.6) is 0 Å². The van der Waals surface area contributed by atoms with Crippen molar-refractivity contribution in [1.82, 2.24) is 8.61 Å². The van der Waals surface area contributed by atoms with Crippen LogP contribution in [0.3, 0.4) is 0 Å². The van der Waals surface area contributed by atoms with E-state index < -0.39 is 16.3 Å². The molecule has 92 valence electrons. The van der Waals surface area contributed by atoms with E-state index in [2.05, 4.69) is 0 Å². The largest absolute Gasteiger partial charge is 0.361 e. The second-order valence-corrected chi connectivity index (χ2v) is 5.95. The smallest absolute Gasteiger partial charge is 0.282 e. The molecular weight excluding hydrogens is 230 g/mol. The number of morpholine rings is 1. The molecular formula is C9H17N3O3S. The molecule has 1 aliphatic heterocycles. The summed E-state index contributed by atoms with van der Waals surface area (Å²) in [6.07, 6.45) is -0.663. The molecule has 1 heterocycles. The Balaban J connectivity index is 2.80. The molecule has 1 fully saturated rings. The number of hydrogen-bond acceptors (Lipinski definition) is 4. The molecule has 1 aliphatic rings. The first kappa shape index (κ1) is 13.4. The minimum absolute atomic E-state index is 0.103. The molecule has 1 rings (SSSR count). The van der Waals surface area contributed by atoms with Crippen molar-refractivity contribution in [1.29, 1.82) is 5.26 Å². The zero-order valence-corrected chi connectivity index (χ0v) is 10.6. The summed E-state index contributed by atoms with van der Waals surface area (Å²) in [6, 6.07) is 1.82. The summed E-state index contributed by atoms with van der Waals surface area (Å²) in [5.74, 6) is 0. The molecule has 6 nitrogen and oxygen atoms in total. The van der Waals surface area contributed by atoms with Crippen LogP contribution in [-0.2, 0) is 14.9 Å². The first-order valence-corrected chi connectivity index (χ1v) is 6.53. The Labute approximate surface area is 96.6 Å². The lowest BCUT2D eigenvalue weighted by molar-refractivity contribution is 0.0289. The molecule has 7 heteroatoms. The Morgan fingerprint density at radius 1 is 1.56 bits per heavy atom. The fourth-order valence-corrected chi connectivity index (χ4v) is 2.89. The number of rotatable bonds is 3. The molecule has 0 amide bonds. The van der Waals surface area contributed by atoms with Gasteiger partial charge in [0.15, 0.2) is 6.10 Å². The van der Waals surface area contributed by atoms with Crippen molar-refractivity contribution in [2.75, 3.05) is 26.7 Å². The number of nitrogens with zero attached hydrogens (tertiary/aromatic N) is 3. The third kappa shape index (κ3) is 2.71. The molecule has 1 saturated heterocycles. The maximum atomic E-state index is 12.1. The van der Waals surface area contributed by atoms with Crippen molar-refractivity contribution < 1.29 is 13.2 Å². The Kier molecular flexibility index (Phi) is 4.27. The number of hydrogen-bond donors (Lipinski definition) is 0. The van der Waals surface area contributed by atoms with Crippen molar-refractivity contribution in [3.05, 3.63) is 0 Å². The molecule has 1 atom stereocenters. The van der Waals surface area contributed by atoms with E-state index in [1.165, 1.54) is 15.7 Å². The van der Waals surface area contributed by atoms with E-state index in [1.54, 1.807) is 13.8 Å². The summed E-state index contributed by atoms with van der Waals surface area (Å²) < 4.78 is 31.9. The third-order valence-electron chi connectivity index (χ3n) is 2.59. The van der Waals surface area contributed by atoms with Gasteiger partial charge in [-0.05, 0) is 13.8 Å². The SMILES string of the molecule is CC(C)N(C)S(=O)(=O)N1CCOC(C#N)C1. The minimum Gasteiger partial charge on any atom is -0.361 e. The molecule has 0 aromatic heterocycles. The Bertz CT molecular complexity index is 374. The first-order chi connectivity index (χ1) is 7.39. The summed E-state index contributed by atoms with van der Waals surface area (Å²) in [4.78, 5) is 0. The quantitative estimate of drug-likeness (QED) is 0.692. The van der Waals surface area contributed by atoms with E-state index in [0.29, 0.717) is 6.54 Å². The van der Waals surface area contributed by atoms with Crippen LogP contribution in [0.25, 0.3) is 0 Å². The molecule has 0 radical (unpaired) electrons. The fourth-order valence-electron chi connectivity index (χ4n) is 1.36. The molecule has 0 saturated carbocycles. The normalized spacial score (nSPS) is 23.6. The van der Waals surface area contributed by atoms with Gasteiger partial charge in [-0.1, -0.05) is 0 Å². The summed E-state index contributed by atoms with van der Waals surface area (Å²) in [5.41, 5.74) is 0. The average molecular weight is 247 g/mol. The van der Waals surface area contributed by atoms with Gasteiger partial charge in [-0.25, -0.2) is 0 Å². The van der Waals surface area contributed by atoms with Crippen molar-refractivity contribution >= 4 is 10.2 Å². The van der Waals surface area contributed by atoms with Crippen molar-refractivity contribution in [2.24, 2.45) is 0 Å². The van der Waals surface area contributed by atoms with Gasteiger partial charge in [0.25, 0.3) is 10.2 Å². The molecule has 16 heavy (non-hydrogen) atoms. The molecule has 0 bridgehead atoms. The maximum absolute atomic E-state index is 12.1.